The van der Waals surface area contributed by atoms with Crippen molar-refractivity contribution in [2.45, 2.75) is 49.1 Å². The van der Waals surface area contributed by atoms with Gasteiger partial charge < -0.3 is 14.6 Å². The summed E-state index contributed by atoms with van der Waals surface area (Å²) in [5, 5.41) is 9.70. The van der Waals surface area contributed by atoms with Crippen molar-refractivity contribution in [3.8, 4) is 22.1 Å². The van der Waals surface area contributed by atoms with Gasteiger partial charge in [-0.15, -0.1) is 23.1 Å². The number of carbonyl (C=O) groups is 1. The summed E-state index contributed by atoms with van der Waals surface area (Å²) in [6.07, 6.45) is -3.39. The Morgan fingerprint density at radius 3 is 2.68 bits per heavy atom. The van der Waals surface area contributed by atoms with Crippen LogP contribution in [0.15, 0.2) is 41.3 Å². The first kappa shape index (κ1) is 24.4. The number of hydrogen-bond donors (Lipinski definition) is 1. The molecule has 1 aliphatic rings. The van der Waals surface area contributed by atoms with Gasteiger partial charge in [0.1, 0.15) is 22.6 Å². The summed E-state index contributed by atoms with van der Waals surface area (Å²) in [6.45, 7) is 1.89. The van der Waals surface area contributed by atoms with Crippen molar-refractivity contribution in [3.05, 3.63) is 58.1 Å². The van der Waals surface area contributed by atoms with Crippen LogP contribution in [0, 0.1) is 6.92 Å². The van der Waals surface area contributed by atoms with E-state index in [4.69, 9.17) is 14.6 Å². The second-order valence-electron chi connectivity index (χ2n) is 7.88. The van der Waals surface area contributed by atoms with Gasteiger partial charge in [0, 0.05) is 22.3 Å². The molecule has 0 saturated carbocycles. The summed E-state index contributed by atoms with van der Waals surface area (Å²) in [5.41, 5.74) is 1.82. The van der Waals surface area contributed by atoms with Gasteiger partial charge in [-0.25, -0.2) is 4.98 Å². The lowest BCUT2D eigenvalue weighted by molar-refractivity contribution is -0.139. The molecule has 3 aromatic rings. The molecule has 0 amide bonds. The number of aromatic nitrogens is 1. The molecular formula is C24H22F3NO4S2. The maximum absolute atomic E-state index is 12.8. The predicted octanol–water partition coefficient (Wildman–Crippen LogP) is 6.61. The average Bonchev–Trinajstić information content (AvgIpc) is 3.16. The number of carboxylic acid groups (broad SMARTS) is 1. The van der Waals surface area contributed by atoms with Crippen molar-refractivity contribution in [1.82, 2.24) is 4.98 Å². The molecule has 0 bridgehead atoms. The highest BCUT2D eigenvalue weighted by Crippen LogP contribution is 2.41. The molecule has 180 valence electrons. The molecule has 1 aliphatic heterocycles. The Kier molecular flexibility index (Phi) is 7.09. The summed E-state index contributed by atoms with van der Waals surface area (Å²) in [7, 11) is 1.57. The summed E-state index contributed by atoms with van der Waals surface area (Å²) in [5.74, 6) is 1.03. The topological polar surface area (TPSA) is 68.7 Å². The monoisotopic (exact) mass is 509 g/mol. The quantitative estimate of drug-likeness (QED) is 0.362. The number of ether oxygens (including phenoxy) is 2. The molecule has 0 aliphatic carbocycles. The first-order chi connectivity index (χ1) is 16.1. The van der Waals surface area contributed by atoms with E-state index in [2.05, 4.69) is 4.98 Å². The third-order valence-electron chi connectivity index (χ3n) is 5.49. The second kappa shape index (κ2) is 9.87. The Bertz CT molecular complexity index is 1190. The highest BCUT2D eigenvalue weighted by molar-refractivity contribution is 7.98. The van der Waals surface area contributed by atoms with Gasteiger partial charge in [0.15, 0.2) is 0 Å². The number of fused-ring (bicyclic) bond motifs is 1. The number of hydrogen-bond acceptors (Lipinski definition) is 6. The van der Waals surface area contributed by atoms with Crippen LogP contribution in [0.4, 0.5) is 13.2 Å². The van der Waals surface area contributed by atoms with Crippen LogP contribution in [0.2, 0.25) is 0 Å². The van der Waals surface area contributed by atoms with Gasteiger partial charge >= 0.3 is 12.1 Å². The molecule has 0 saturated heterocycles. The smallest absolute Gasteiger partial charge is 0.416 e. The van der Waals surface area contributed by atoms with E-state index in [9.17, 15) is 18.0 Å². The van der Waals surface area contributed by atoms with Gasteiger partial charge in [-0.2, -0.15) is 13.2 Å². The van der Waals surface area contributed by atoms with Crippen LogP contribution in [0.5, 0.6) is 11.5 Å². The number of nitrogens with zero attached hydrogens (tertiary/aromatic N) is 1. The molecule has 1 atom stereocenters. The molecule has 2 heterocycles. The number of halogens is 3. The van der Waals surface area contributed by atoms with Crippen molar-refractivity contribution < 1.29 is 32.5 Å². The Morgan fingerprint density at radius 2 is 2.03 bits per heavy atom. The van der Waals surface area contributed by atoms with Crippen LogP contribution in [0.1, 0.15) is 34.5 Å². The molecule has 0 fully saturated rings. The molecule has 0 radical (unpaired) electrons. The zero-order valence-electron chi connectivity index (χ0n) is 18.4. The third kappa shape index (κ3) is 5.50. The molecule has 10 heteroatoms. The Hall–Kier alpha value is -2.72. The molecule has 5 nitrogen and oxygen atoms in total. The number of methoxy groups -OCH3 is 1. The average molecular weight is 510 g/mol. The first-order valence-corrected chi connectivity index (χ1v) is 12.3. The normalized spacial score (nSPS) is 15.5. The fraction of sp³-hybridized carbons (Fsp3) is 0.333. The molecule has 0 spiro atoms. The minimum atomic E-state index is -4.37. The van der Waals surface area contributed by atoms with Crippen molar-refractivity contribution >= 4 is 29.1 Å². The van der Waals surface area contributed by atoms with Crippen LogP contribution in [0.3, 0.4) is 0 Å². The van der Waals surface area contributed by atoms with Gasteiger partial charge in [0.25, 0.3) is 0 Å². The highest BCUT2D eigenvalue weighted by atomic mass is 32.2. The van der Waals surface area contributed by atoms with E-state index >= 15 is 0 Å². The lowest BCUT2D eigenvalue weighted by Gasteiger charge is -2.26. The number of thioether (sulfide) groups is 1. The van der Waals surface area contributed by atoms with E-state index in [0.29, 0.717) is 34.2 Å². The van der Waals surface area contributed by atoms with Crippen molar-refractivity contribution in [1.29, 1.82) is 0 Å². The van der Waals surface area contributed by atoms with Crippen LogP contribution in [-0.2, 0) is 23.1 Å². The Morgan fingerprint density at radius 1 is 1.29 bits per heavy atom. The van der Waals surface area contributed by atoms with E-state index in [0.717, 1.165) is 39.6 Å². The van der Waals surface area contributed by atoms with E-state index in [1.54, 1.807) is 24.9 Å². The third-order valence-corrected chi connectivity index (χ3v) is 7.94. The molecule has 34 heavy (non-hydrogen) atoms. The first-order valence-electron chi connectivity index (χ1n) is 10.5. The number of aryl methyl sites for hydroxylation is 2. The number of alkyl halides is 3. The van der Waals surface area contributed by atoms with E-state index < -0.39 is 17.7 Å². The summed E-state index contributed by atoms with van der Waals surface area (Å²) in [4.78, 5) is 17.5. The Balaban J connectivity index is 1.49. The van der Waals surface area contributed by atoms with Gasteiger partial charge in [-0.1, -0.05) is 12.1 Å². The van der Waals surface area contributed by atoms with Crippen LogP contribution >= 0.6 is 23.1 Å². The van der Waals surface area contributed by atoms with Crippen molar-refractivity contribution in [3.63, 3.8) is 0 Å². The van der Waals surface area contributed by atoms with Crippen molar-refractivity contribution in [2.75, 3.05) is 7.11 Å². The van der Waals surface area contributed by atoms with Gasteiger partial charge in [-0.05, 0) is 43.5 Å². The van der Waals surface area contributed by atoms with E-state index in [1.165, 1.54) is 23.5 Å². The Labute approximate surface area is 202 Å². The van der Waals surface area contributed by atoms with Crippen molar-refractivity contribution in [2.24, 2.45) is 0 Å². The van der Waals surface area contributed by atoms with Gasteiger partial charge in [-0.3, -0.25) is 4.79 Å². The summed E-state index contributed by atoms with van der Waals surface area (Å²) >= 11 is 3.04. The fourth-order valence-corrected chi connectivity index (χ4v) is 5.97. The second-order valence-corrected chi connectivity index (χ2v) is 9.98. The lowest BCUT2D eigenvalue weighted by atomic mass is 10.0. The predicted molar refractivity (Wildman–Crippen MR) is 125 cm³/mol. The summed E-state index contributed by atoms with van der Waals surface area (Å²) in [6, 6.07) is 8.86. The highest BCUT2D eigenvalue weighted by Gasteiger charge is 2.30. The largest absolute Gasteiger partial charge is 0.495 e. The number of benzene rings is 2. The molecule has 1 unspecified atom stereocenters. The van der Waals surface area contributed by atoms with Crippen LogP contribution in [0.25, 0.3) is 10.6 Å². The van der Waals surface area contributed by atoms with Gasteiger partial charge in [0.2, 0.25) is 0 Å². The SMILES string of the molecule is COc1cc2c(cc1SCc1sc(-c3ccc(C(F)(F)F)cc3)nc1C)CCC(CC(=O)O)O2. The standard InChI is InChI=1S/C24H22F3NO4S2/c1-13-21(34-23(28-13)14-3-6-16(7-4-14)24(25,26)27)12-33-20-9-15-5-8-17(10-22(29)30)32-18(15)11-19(20)31-2/h3-4,6-7,9,11,17H,5,8,10,12H2,1-2H3,(H,29,30). The fourth-order valence-electron chi connectivity index (χ4n) is 3.68. The maximum Gasteiger partial charge on any atom is 0.416 e. The van der Waals surface area contributed by atoms with Gasteiger partial charge in [0.05, 0.1) is 29.7 Å². The molecule has 2 aromatic carbocycles. The summed E-state index contributed by atoms with van der Waals surface area (Å²) < 4.78 is 49.9. The minimum absolute atomic E-state index is 0.0375. The van der Waals surface area contributed by atoms with Crippen LogP contribution in [-0.4, -0.2) is 29.3 Å². The molecule has 1 aromatic heterocycles. The zero-order valence-corrected chi connectivity index (χ0v) is 20.1. The minimum Gasteiger partial charge on any atom is -0.495 e. The number of rotatable bonds is 7. The maximum atomic E-state index is 12.8. The lowest BCUT2D eigenvalue weighted by Crippen LogP contribution is -2.25. The number of aliphatic carboxylic acids is 1. The number of thiazole rings is 1. The molecule has 1 N–H and O–H groups in total. The zero-order chi connectivity index (χ0) is 24.5. The number of carboxylic acids is 1. The molecular weight excluding hydrogens is 487 g/mol. The van der Waals surface area contributed by atoms with Crippen LogP contribution < -0.4 is 9.47 Å². The van der Waals surface area contributed by atoms with E-state index in [-0.39, 0.29) is 12.5 Å². The molecule has 4 rings (SSSR count). The van der Waals surface area contributed by atoms with E-state index in [1.807, 2.05) is 13.0 Å².